The van der Waals surface area contributed by atoms with E-state index in [4.69, 9.17) is 9.47 Å². The minimum Gasteiger partial charge on any atom is -0.491 e. The minimum absolute atomic E-state index is 0.0802. The average molecular weight is 498 g/mol. The van der Waals surface area contributed by atoms with Gasteiger partial charge < -0.3 is 24.6 Å². The van der Waals surface area contributed by atoms with Crippen molar-refractivity contribution in [3.63, 3.8) is 0 Å². The van der Waals surface area contributed by atoms with Crippen molar-refractivity contribution in [2.75, 3.05) is 39.2 Å². The second-order valence-corrected chi connectivity index (χ2v) is 9.15. The third kappa shape index (κ3) is 6.57. The largest absolute Gasteiger partial charge is 0.491 e. The Morgan fingerprint density at radius 1 is 1.22 bits per heavy atom. The zero-order chi connectivity index (χ0) is 26.2. The van der Waals surface area contributed by atoms with Gasteiger partial charge in [-0.2, -0.15) is 0 Å². The number of hydrogen-bond donors (Lipinski definition) is 1. The zero-order valence-corrected chi connectivity index (χ0v) is 21.6. The Hall–Kier alpha value is -3.53. The van der Waals surface area contributed by atoms with Gasteiger partial charge in [0.15, 0.2) is 0 Å². The molecule has 0 bridgehead atoms. The Balaban J connectivity index is 1.97. The Morgan fingerprint density at radius 3 is 2.67 bits per heavy atom. The van der Waals surface area contributed by atoms with E-state index < -0.39 is 0 Å². The van der Waals surface area contributed by atoms with E-state index in [9.17, 15) is 14.4 Å². The predicted octanol–water partition coefficient (Wildman–Crippen LogP) is 2.86. The van der Waals surface area contributed by atoms with Crippen molar-refractivity contribution in [1.82, 2.24) is 19.8 Å². The molecule has 3 amide bonds. The maximum atomic E-state index is 13.4. The molecule has 2 aromatic rings. The highest BCUT2D eigenvalue weighted by molar-refractivity contribution is 5.98. The molecule has 1 aromatic carbocycles. The van der Waals surface area contributed by atoms with Crippen LogP contribution in [0.5, 0.6) is 5.75 Å². The van der Waals surface area contributed by atoms with Crippen molar-refractivity contribution in [1.29, 1.82) is 0 Å². The van der Waals surface area contributed by atoms with Crippen molar-refractivity contribution in [3.8, 4) is 5.75 Å². The first-order valence-corrected chi connectivity index (χ1v) is 12.2. The van der Waals surface area contributed by atoms with Gasteiger partial charge in [-0.1, -0.05) is 13.8 Å². The van der Waals surface area contributed by atoms with Crippen LogP contribution in [0.4, 0.5) is 5.69 Å². The van der Waals surface area contributed by atoms with Gasteiger partial charge in [0.1, 0.15) is 18.1 Å². The molecule has 194 valence electrons. The number of hydrogen-bond acceptors (Lipinski definition) is 7. The lowest BCUT2D eigenvalue weighted by Gasteiger charge is -2.35. The van der Waals surface area contributed by atoms with Crippen molar-refractivity contribution >= 4 is 23.4 Å². The van der Waals surface area contributed by atoms with Crippen LogP contribution in [0.3, 0.4) is 0 Å². The highest BCUT2D eigenvalue weighted by atomic mass is 16.5. The lowest BCUT2D eigenvalue weighted by atomic mass is 10.0. The molecule has 0 fully saturated rings. The fraction of sp³-hybridized carbons (Fsp3) is 0.500. The number of nitrogens with one attached hydrogen (secondary N) is 1. The van der Waals surface area contributed by atoms with Gasteiger partial charge in [0.25, 0.3) is 11.8 Å². The molecule has 1 aliphatic heterocycles. The molecule has 2 heterocycles. The first-order valence-electron chi connectivity index (χ1n) is 12.2. The highest BCUT2D eigenvalue weighted by Gasteiger charge is 2.31. The van der Waals surface area contributed by atoms with Crippen LogP contribution >= 0.6 is 0 Å². The van der Waals surface area contributed by atoms with Gasteiger partial charge >= 0.3 is 0 Å². The molecule has 1 aliphatic rings. The number of carbonyl (C=O) groups is 3. The summed E-state index contributed by atoms with van der Waals surface area (Å²) in [7, 11) is 3.31. The van der Waals surface area contributed by atoms with E-state index in [0.29, 0.717) is 36.5 Å². The molecule has 0 unspecified atom stereocenters. The predicted molar refractivity (Wildman–Crippen MR) is 135 cm³/mol. The molecule has 0 saturated heterocycles. The number of benzene rings is 1. The van der Waals surface area contributed by atoms with Crippen LogP contribution in [0.1, 0.15) is 54.5 Å². The van der Waals surface area contributed by atoms with Gasteiger partial charge in [-0.15, -0.1) is 0 Å². The number of methoxy groups -OCH3 is 1. The average Bonchev–Trinajstić information content (AvgIpc) is 2.88. The molecule has 3 rings (SSSR count). The second kappa shape index (κ2) is 12.4. The van der Waals surface area contributed by atoms with Crippen LogP contribution in [0, 0.1) is 5.92 Å². The van der Waals surface area contributed by atoms with Crippen molar-refractivity contribution < 1.29 is 23.9 Å². The monoisotopic (exact) mass is 497 g/mol. The Morgan fingerprint density at radius 2 is 2.00 bits per heavy atom. The van der Waals surface area contributed by atoms with E-state index >= 15 is 0 Å². The fourth-order valence-corrected chi connectivity index (χ4v) is 4.14. The molecule has 10 heteroatoms. The topological polar surface area (TPSA) is 114 Å². The second-order valence-electron chi connectivity index (χ2n) is 9.15. The van der Waals surface area contributed by atoms with Crippen LogP contribution in [0.2, 0.25) is 0 Å². The van der Waals surface area contributed by atoms with E-state index in [1.165, 1.54) is 18.6 Å². The fourth-order valence-electron chi connectivity index (χ4n) is 4.14. The molecule has 0 aliphatic carbocycles. The minimum atomic E-state index is -0.349. The summed E-state index contributed by atoms with van der Waals surface area (Å²) in [5.41, 5.74) is 1.15. The van der Waals surface area contributed by atoms with E-state index in [-0.39, 0.29) is 48.1 Å². The number of likely N-dealkylation sites (N-methyl/N-ethyl adjacent to an activating group) is 1. The molecule has 0 radical (unpaired) electrons. The molecule has 1 aromatic heterocycles. The summed E-state index contributed by atoms with van der Waals surface area (Å²) in [4.78, 5) is 50.3. The number of aromatic nitrogens is 2. The Labute approximate surface area is 212 Å². The highest BCUT2D eigenvalue weighted by Crippen LogP contribution is 2.27. The lowest BCUT2D eigenvalue weighted by molar-refractivity contribution is -0.116. The Kier molecular flexibility index (Phi) is 9.35. The number of amides is 3. The quantitative estimate of drug-likeness (QED) is 0.676. The van der Waals surface area contributed by atoms with E-state index in [2.05, 4.69) is 15.3 Å². The first kappa shape index (κ1) is 27.1. The number of anilines is 1. The van der Waals surface area contributed by atoms with Crippen molar-refractivity contribution in [3.05, 3.63) is 48.0 Å². The molecule has 0 saturated carbocycles. The van der Waals surface area contributed by atoms with Crippen LogP contribution in [0.15, 0.2) is 36.8 Å². The summed E-state index contributed by atoms with van der Waals surface area (Å²) < 4.78 is 11.8. The molecule has 10 nitrogen and oxygen atoms in total. The summed E-state index contributed by atoms with van der Waals surface area (Å²) >= 11 is 0. The van der Waals surface area contributed by atoms with Crippen LogP contribution in [0.25, 0.3) is 0 Å². The van der Waals surface area contributed by atoms with Gasteiger partial charge in [0, 0.05) is 63.7 Å². The third-order valence-electron chi connectivity index (χ3n) is 6.25. The van der Waals surface area contributed by atoms with Gasteiger partial charge in [0.2, 0.25) is 5.91 Å². The van der Waals surface area contributed by atoms with Crippen LogP contribution in [-0.4, -0.2) is 83.5 Å². The summed E-state index contributed by atoms with van der Waals surface area (Å²) in [6, 6.07) is 4.65. The number of ether oxygens (including phenoxy) is 2. The van der Waals surface area contributed by atoms with Crippen LogP contribution < -0.4 is 10.1 Å². The maximum Gasteiger partial charge on any atom is 0.274 e. The lowest BCUT2D eigenvalue weighted by Crippen LogP contribution is -2.48. The standard InChI is InChI=1S/C26H35N5O5/c1-6-7-24(32)29-19-8-9-20-22(12-19)36-16-18(3)31(26(34)21-13-27-10-11-28-21)14-17(2)23(35-5)15-30(4)25(20)33/h8-13,17-18,23H,6-7,14-16H2,1-5H3,(H,29,32)/t17-,18-,23+/m1/s1. The summed E-state index contributed by atoms with van der Waals surface area (Å²) in [5.74, 6) is -0.333. The molecule has 0 spiro atoms. The summed E-state index contributed by atoms with van der Waals surface area (Å²) in [6.07, 6.45) is 5.26. The first-order chi connectivity index (χ1) is 17.2. The molecular formula is C26H35N5O5. The molecule has 36 heavy (non-hydrogen) atoms. The van der Waals surface area contributed by atoms with E-state index in [1.54, 1.807) is 42.2 Å². The van der Waals surface area contributed by atoms with Gasteiger partial charge in [-0.3, -0.25) is 19.4 Å². The maximum absolute atomic E-state index is 13.4. The SMILES string of the molecule is CCCC(=O)Nc1ccc2c(c1)OC[C@@H](C)N(C(=O)c1cnccn1)C[C@@H](C)[C@@H](OC)CN(C)C2=O. The summed E-state index contributed by atoms with van der Waals surface area (Å²) in [5, 5.41) is 2.84. The third-order valence-corrected chi connectivity index (χ3v) is 6.25. The number of fused-ring (bicyclic) bond motifs is 1. The van der Waals surface area contributed by atoms with Crippen molar-refractivity contribution in [2.24, 2.45) is 5.92 Å². The van der Waals surface area contributed by atoms with Gasteiger partial charge in [0.05, 0.1) is 23.9 Å². The van der Waals surface area contributed by atoms with Crippen molar-refractivity contribution in [2.45, 2.75) is 45.8 Å². The van der Waals surface area contributed by atoms with Gasteiger partial charge in [-0.25, -0.2) is 4.98 Å². The number of nitrogens with zero attached hydrogens (tertiary/aromatic N) is 4. The molecule has 1 N–H and O–H groups in total. The van der Waals surface area contributed by atoms with Crippen LogP contribution in [-0.2, 0) is 9.53 Å². The molecular weight excluding hydrogens is 462 g/mol. The van der Waals surface area contributed by atoms with E-state index in [0.717, 1.165) is 6.42 Å². The van der Waals surface area contributed by atoms with Gasteiger partial charge in [-0.05, 0) is 25.5 Å². The normalized spacial score (nSPS) is 21.0. The Bertz CT molecular complexity index is 1060. The molecule has 3 atom stereocenters. The van der Waals surface area contributed by atoms with E-state index in [1.807, 2.05) is 20.8 Å². The summed E-state index contributed by atoms with van der Waals surface area (Å²) in [6.45, 7) is 6.63. The number of rotatable bonds is 5. The zero-order valence-electron chi connectivity index (χ0n) is 21.6. The smallest absolute Gasteiger partial charge is 0.274 e. The number of carbonyl (C=O) groups excluding carboxylic acids is 3.